The monoisotopic (exact) mass is 755 g/mol. The lowest BCUT2D eigenvalue weighted by Crippen LogP contribution is -2.43. The van der Waals surface area contributed by atoms with E-state index in [9.17, 15) is 0 Å². The Hall–Kier alpha value is -2.99. The Morgan fingerprint density at radius 3 is 1.86 bits per heavy atom. The molecular weight excluding hydrogens is 705 g/mol. The van der Waals surface area contributed by atoms with Crippen LogP contribution in [0.15, 0.2) is 103 Å². The summed E-state index contributed by atoms with van der Waals surface area (Å²) in [7, 11) is 1.87. The van der Waals surface area contributed by atoms with E-state index in [2.05, 4.69) is 133 Å². The second-order valence-corrected chi connectivity index (χ2v) is 15.0. The SMILES string of the molecule is CN(C)CCCN1c2ccccc2CCc2ccc(Cl)cc21.CN1C2CCC1CC(OC(c1ccccc1)c1ccccc1)C2.Cl.O=S(=O)(O)O. The maximum Gasteiger partial charge on any atom is 0.394 e. The van der Waals surface area contributed by atoms with E-state index in [0.717, 1.165) is 37.4 Å². The molecule has 0 saturated carbocycles. The molecule has 2 N–H and O–H groups in total. The maximum atomic E-state index is 8.74. The third-order valence-electron chi connectivity index (χ3n) is 9.86. The Bertz CT molecular complexity index is 1700. The van der Waals surface area contributed by atoms with Crippen molar-refractivity contribution >= 4 is 45.8 Å². The normalized spacial score (nSPS) is 19.5. The smallest absolute Gasteiger partial charge is 0.365 e. The highest BCUT2D eigenvalue weighted by Crippen LogP contribution is 2.39. The number of anilines is 2. The van der Waals surface area contributed by atoms with Crippen LogP contribution in [-0.2, 0) is 28.0 Å². The maximum absolute atomic E-state index is 8.74. The Morgan fingerprint density at radius 2 is 1.31 bits per heavy atom. The standard InChI is InChI=1S/C21H25NO.C19H23ClN2.ClH.H2O4S/c1-22-18-12-13-19(22)15-20(14-18)23-21(16-8-4-2-5-9-16)17-10-6-3-7-11-17;1-21(2)12-5-13-22-18-7-4-3-6-15(18)8-9-16-10-11-17(20)14-19(16)22;;1-5(2,3)4/h2-11,18-21H,12-15H2,1H3;3-4,6-7,10-11,14H,5,8-9,12-13H2,1-2H3;1H;(H2,1,2,3,4). The van der Waals surface area contributed by atoms with E-state index in [4.69, 9.17) is 33.9 Å². The van der Waals surface area contributed by atoms with Crippen molar-refractivity contribution in [3.8, 4) is 0 Å². The second-order valence-electron chi connectivity index (χ2n) is 13.6. The zero-order chi connectivity index (χ0) is 35.7. The summed E-state index contributed by atoms with van der Waals surface area (Å²) in [6.45, 7) is 2.11. The molecule has 51 heavy (non-hydrogen) atoms. The lowest BCUT2D eigenvalue weighted by atomic mass is 9.97. The van der Waals surface area contributed by atoms with Crippen molar-refractivity contribution in [2.24, 2.45) is 0 Å². The number of para-hydroxylation sites is 1. The molecule has 0 radical (unpaired) electrons. The first kappa shape index (κ1) is 40.8. The largest absolute Gasteiger partial charge is 0.394 e. The molecule has 3 aliphatic rings. The van der Waals surface area contributed by atoms with Gasteiger partial charge in [0.25, 0.3) is 0 Å². The van der Waals surface area contributed by atoms with Gasteiger partial charge >= 0.3 is 10.4 Å². The first-order chi connectivity index (χ1) is 24.0. The Kier molecular flexibility index (Phi) is 15.3. The van der Waals surface area contributed by atoms with Crippen LogP contribution >= 0.6 is 24.0 Å². The molecule has 0 spiro atoms. The summed E-state index contributed by atoms with van der Waals surface area (Å²) >= 11 is 6.27. The number of fused-ring (bicyclic) bond motifs is 4. The predicted octanol–water partition coefficient (Wildman–Crippen LogP) is 8.72. The van der Waals surface area contributed by atoms with E-state index in [1.165, 1.54) is 59.3 Å². The lowest BCUT2D eigenvalue weighted by molar-refractivity contribution is -0.0426. The first-order valence-corrected chi connectivity index (χ1v) is 19.2. The van der Waals surface area contributed by atoms with E-state index in [0.29, 0.717) is 18.2 Å². The zero-order valence-corrected chi connectivity index (χ0v) is 32.0. The number of ether oxygens (including phenoxy) is 1. The summed E-state index contributed by atoms with van der Waals surface area (Å²) < 4.78 is 38.2. The average molecular weight is 757 g/mol. The minimum atomic E-state index is -4.67. The third-order valence-corrected chi connectivity index (χ3v) is 10.1. The van der Waals surface area contributed by atoms with Gasteiger partial charge < -0.3 is 19.4 Å². The van der Waals surface area contributed by atoms with Crippen LogP contribution in [0, 0.1) is 0 Å². The highest BCUT2D eigenvalue weighted by molar-refractivity contribution is 7.79. The van der Waals surface area contributed by atoms with Crippen molar-refractivity contribution in [1.82, 2.24) is 9.80 Å². The molecule has 2 unspecified atom stereocenters. The van der Waals surface area contributed by atoms with Gasteiger partial charge in [0, 0.05) is 35.0 Å². The predicted molar refractivity (Wildman–Crippen MR) is 210 cm³/mol. The minimum Gasteiger partial charge on any atom is -0.365 e. The number of hydrogen-bond acceptors (Lipinski definition) is 6. The molecule has 4 aromatic rings. The van der Waals surface area contributed by atoms with Gasteiger partial charge in [0.05, 0.1) is 6.10 Å². The molecular formula is C40H51Cl2N3O5S. The van der Waals surface area contributed by atoms with Crippen molar-refractivity contribution in [3.63, 3.8) is 0 Å². The van der Waals surface area contributed by atoms with Gasteiger partial charge in [-0.2, -0.15) is 8.42 Å². The van der Waals surface area contributed by atoms with Crippen molar-refractivity contribution in [1.29, 1.82) is 0 Å². The van der Waals surface area contributed by atoms with Crippen molar-refractivity contribution in [3.05, 3.63) is 130 Å². The van der Waals surface area contributed by atoms with E-state index < -0.39 is 10.4 Å². The van der Waals surface area contributed by atoms with Gasteiger partial charge in [-0.05, 0) is 113 Å². The molecule has 8 nitrogen and oxygen atoms in total. The van der Waals surface area contributed by atoms with Crippen LogP contribution in [0.25, 0.3) is 0 Å². The second kappa shape index (κ2) is 19.2. The van der Waals surface area contributed by atoms with Crippen LogP contribution < -0.4 is 4.90 Å². The average Bonchev–Trinajstić information content (AvgIpc) is 3.23. The number of benzene rings is 4. The summed E-state index contributed by atoms with van der Waals surface area (Å²) in [6, 6.07) is 37.8. The summed E-state index contributed by atoms with van der Waals surface area (Å²) in [4.78, 5) is 7.26. The lowest BCUT2D eigenvalue weighted by Gasteiger charge is -2.38. The van der Waals surface area contributed by atoms with Crippen molar-refractivity contribution in [2.75, 3.05) is 39.1 Å². The molecule has 0 aliphatic carbocycles. The fraction of sp³-hybridized carbons (Fsp3) is 0.400. The van der Waals surface area contributed by atoms with Gasteiger partial charge in [-0.25, -0.2) is 0 Å². The zero-order valence-electron chi connectivity index (χ0n) is 29.6. The Morgan fingerprint density at radius 1 is 0.804 bits per heavy atom. The molecule has 4 aromatic carbocycles. The highest BCUT2D eigenvalue weighted by Gasteiger charge is 2.39. The first-order valence-electron chi connectivity index (χ1n) is 17.4. The van der Waals surface area contributed by atoms with Gasteiger partial charge in [0.15, 0.2) is 0 Å². The molecule has 0 amide bonds. The van der Waals surface area contributed by atoms with E-state index in [1.54, 1.807) is 0 Å². The third kappa shape index (κ3) is 12.0. The van der Waals surface area contributed by atoms with Crippen LogP contribution in [0.4, 0.5) is 11.4 Å². The number of nitrogens with zero attached hydrogens (tertiary/aromatic N) is 3. The van der Waals surface area contributed by atoms with Gasteiger partial charge in [0.1, 0.15) is 6.10 Å². The molecule has 3 aliphatic heterocycles. The van der Waals surface area contributed by atoms with Crippen LogP contribution in [0.2, 0.25) is 5.02 Å². The van der Waals surface area contributed by atoms with Gasteiger partial charge in [-0.1, -0.05) is 96.5 Å². The number of rotatable bonds is 8. The van der Waals surface area contributed by atoms with E-state index in [-0.39, 0.29) is 18.5 Å². The summed E-state index contributed by atoms with van der Waals surface area (Å²) in [5, 5.41) is 0.816. The molecule has 11 heteroatoms. The highest BCUT2D eigenvalue weighted by atomic mass is 35.5. The summed E-state index contributed by atoms with van der Waals surface area (Å²) in [6.07, 6.45) is 8.73. The molecule has 2 fully saturated rings. The van der Waals surface area contributed by atoms with Crippen LogP contribution in [-0.4, -0.2) is 79.7 Å². The molecule has 2 saturated heterocycles. The summed E-state index contributed by atoms with van der Waals surface area (Å²) in [5.74, 6) is 0. The van der Waals surface area contributed by atoms with Gasteiger partial charge in [-0.15, -0.1) is 12.4 Å². The van der Waals surface area contributed by atoms with E-state index in [1.807, 2.05) is 6.07 Å². The number of piperidine rings is 1. The van der Waals surface area contributed by atoms with Crippen LogP contribution in [0.1, 0.15) is 60.5 Å². The molecule has 0 aromatic heterocycles. The molecule has 276 valence electrons. The van der Waals surface area contributed by atoms with Gasteiger partial charge in [-0.3, -0.25) is 9.11 Å². The molecule has 2 atom stereocenters. The number of halogens is 2. The quantitative estimate of drug-likeness (QED) is 0.173. The Balaban J connectivity index is 0.000000199. The fourth-order valence-electron chi connectivity index (χ4n) is 7.44. The fourth-order valence-corrected chi connectivity index (χ4v) is 7.61. The van der Waals surface area contributed by atoms with E-state index >= 15 is 0 Å². The minimum absolute atomic E-state index is 0. The number of aryl methyl sites for hydroxylation is 2. The van der Waals surface area contributed by atoms with Crippen LogP contribution in [0.3, 0.4) is 0 Å². The molecule has 3 heterocycles. The van der Waals surface area contributed by atoms with Crippen LogP contribution in [0.5, 0.6) is 0 Å². The topological polar surface area (TPSA) is 93.6 Å². The number of hydrogen-bond donors (Lipinski definition) is 2. The summed E-state index contributed by atoms with van der Waals surface area (Å²) in [5.41, 5.74) is 7.94. The molecule has 7 rings (SSSR count). The van der Waals surface area contributed by atoms with Crippen molar-refractivity contribution in [2.45, 2.75) is 69.2 Å². The molecule has 2 bridgehead atoms. The van der Waals surface area contributed by atoms with Crippen molar-refractivity contribution < 1.29 is 22.3 Å². The van der Waals surface area contributed by atoms with Gasteiger partial charge in [0.2, 0.25) is 0 Å². The Labute approximate surface area is 315 Å².